The van der Waals surface area contributed by atoms with Crippen LogP contribution in [0.25, 0.3) is 10.2 Å². The fourth-order valence-electron chi connectivity index (χ4n) is 3.29. The van der Waals surface area contributed by atoms with Crippen molar-refractivity contribution in [1.82, 2.24) is 14.7 Å². The number of aryl methyl sites for hydroxylation is 1. The van der Waals surface area contributed by atoms with E-state index in [0.29, 0.717) is 17.1 Å². The van der Waals surface area contributed by atoms with Crippen LogP contribution in [0.2, 0.25) is 0 Å². The molecular formula is C23H21FN4O2S. The van der Waals surface area contributed by atoms with Crippen LogP contribution in [0.3, 0.4) is 0 Å². The van der Waals surface area contributed by atoms with Crippen LogP contribution >= 0.6 is 11.3 Å². The van der Waals surface area contributed by atoms with Crippen LogP contribution in [0.1, 0.15) is 20.9 Å². The predicted octanol–water partition coefficient (Wildman–Crippen LogP) is 4.30. The van der Waals surface area contributed by atoms with E-state index in [-0.39, 0.29) is 24.2 Å². The van der Waals surface area contributed by atoms with Gasteiger partial charge in [0.05, 0.1) is 23.7 Å². The molecule has 2 amide bonds. The molecule has 0 radical (unpaired) electrons. The lowest BCUT2D eigenvalue weighted by Crippen LogP contribution is -2.34. The maximum absolute atomic E-state index is 13.2. The van der Waals surface area contributed by atoms with Gasteiger partial charge < -0.3 is 10.2 Å². The zero-order valence-electron chi connectivity index (χ0n) is 17.1. The zero-order valence-corrected chi connectivity index (χ0v) is 17.9. The lowest BCUT2D eigenvalue weighted by Gasteiger charge is -2.15. The zero-order chi connectivity index (χ0) is 22.0. The van der Waals surface area contributed by atoms with Crippen molar-refractivity contribution in [2.45, 2.75) is 13.5 Å². The van der Waals surface area contributed by atoms with Crippen LogP contribution in [0.5, 0.6) is 0 Å². The van der Waals surface area contributed by atoms with Gasteiger partial charge in [-0.2, -0.15) is 5.10 Å². The number of carbonyl (C=O) groups excluding carboxylic acids is 2. The third-order valence-corrected chi connectivity index (χ3v) is 5.99. The first-order valence-corrected chi connectivity index (χ1v) is 10.5. The third kappa shape index (κ3) is 4.64. The summed E-state index contributed by atoms with van der Waals surface area (Å²) in [7, 11) is 1.61. The summed E-state index contributed by atoms with van der Waals surface area (Å²) < 4.78 is 15.0. The van der Waals surface area contributed by atoms with Crippen molar-refractivity contribution in [2.75, 3.05) is 18.9 Å². The monoisotopic (exact) mass is 436 g/mol. The number of likely N-dealkylation sites (N-methyl/N-ethyl adjacent to an activating group) is 1. The number of benzene rings is 2. The van der Waals surface area contributed by atoms with E-state index < -0.39 is 0 Å². The second-order valence-corrected chi connectivity index (χ2v) is 8.31. The number of thiophene rings is 1. The predicted molar refractivity (Wildman–Crippen MR) is 120 cm³/mol. The third-order valence-electron chi connectivity index (χ3n) is 4.85. The number of hydrogen-bond acceptors (Lipinski definition) is 4. The minimum Gasteiger partial charge on any atom is -0.332 e. The topological polar surface area (TPSA) is 67.2 Å². The second-order valence-electron chi connectivity index (χ2n) is 7.27. The molecule has 0 saturated carbocycles. The second kappa shape index (κ2) is 8.69. The Morgan fingerprint density at radius 3 is 2.55 bits per heavy atom. The molecule has 0 saturated heterocycles. The fourth-order valence-corrected chi connectivity index (χ4v) is 4.44. The Bertz CT molecular complexity index is 1230. The molecule has 6 nitrogen and oxygen atoms in total. The molecule has 0 aliphatic heterocycles. The van der Waals surface area contributed by atoms with Crippen LogP contribution in [0, 0.1) is 12.7 Å². The van der Waals surface area contributed by atoms with E-state index in [0.717, 1.165) is 21.5 Å². The van der Waals surface area contributed by atoms with Gasteiger partial charge in [-0.1, -0.05) is 30.3 Å². The number of hydrogen-bond donors (Lipinski definition) is 1. The maximum Gasteiger partial charge on any atom is 0.264 e. The van der Waals surface area contributed by atoms with Gasteiger partial charge in [0.15, 0.2) is 0 Å². The molecule has 0 fully saturated rings. The molecule has 2 heterocycles. The Hall–Kier alpha value is -3.52. The molecule has 0 spiro atoms. The Morgan fingerprint density at radius 2 is 1.84 bits per heavy atom. The first-order chi connectivity index (χ1) is 14.9. The minimum atomic E-state index is -0.283. The lowest BCUT2D eigenvalue weighted by molar-refractivity contribution is -0.116. The van der Waals surface area contributed by atoms with Crippen molar-refractivity contribution in [3.8, 4) is 0 Å². The van der Waals surface area contributed by atoms with Gasteiger partial charge in [-0.15, -0.1) is 11.3 Å². The van der Waals surface area contributed by atoms with Crippen LogP contribution in [-0.2, 0) is 11.3 Å². The van der Waals surface area contributed by atoms with Gasteiger partial charge in [-0.05, 0) is 42.8 Å². The highest BCUT2D eigenvalue weighted by molar-refractivity contribution is 7.20. The Balaban J connectivity index is 1.49. The standard InChI is InChI=1S/C23H21FN4O2S/c1-15-19-12-20(22(30)27(2)14-21(29)25-18-6-4-3-5-7-18)31-23(19)28(26-15)13-16-8-10-17(24)11-9-16/h3-12H,13-14H2,1-2H3,(H,25,29). The van der Waals surface area contributed by atoms with E-state index in [1.807, 2.05) is 35.9 Å². The summed E-state index contributed by atoms with van der Waals surface area (Å²) in [6.45, 7) is 2.32. The molecule has 8 heteroatoms. The summed E-state index contributed by atoms with van der Waals surface area (Å²) in [5, 5.41) is 8.23. The molecule has 4 aromatic rings. The molecular weight excluding hydrogens is 415 g/mol. The Morgan fingerprint density at radius 1 is 1.13 bits per heavy atom. The van der Waals surface area contributed by atoms with Crippen molar-refractivity contribution in [3.05, 3.63) is 82.6 Å². The number of fused-ring (bicyclic) bond motifs is 1. The van der Waals surface area contributed by atoms with Gasteiger partial charge in [-0.25, -0.2) is 4.39 Å². The van der Waals surface area contributed by atoms with E-state index in [1.165, 1.54) is 28.4 Å². The SMILES string of the molecule is Cc1nn(Cc2ccc(F)cc2)c2sc(C(=O)N(C)CC(=O)Nc3ccccc3)cc12. The van der Waals surface area contributed by atoms with Gasteiger partial charge in [0.2, 0.25) is 5.91 Å². The molecule has 0 bridgehead atoms. The van der Waals surface area contributed by atoms with E-state index >= 15 is 0 Å². The number of aromatic nitrogens is 2. The van der Waals surface area contributed by atoms with Crippen molar-refractivity contribution >= 4 is 39.1 Å². The first-order valence-electron chi connectivity index (χ1n) is 9.72. The van der Waals surface area contributed by atoms with Crippen molar-refractivity contribution < 1.29 is 14.0 Å². The average Bonchev–Trinajstić information content (AvgIpc) is 3.31. The Labute approximate surface area is 182 Å². The van der Waals surface area contributed by atoms with Crippen LogP contribution in [0.4, 0.5) is 10.1 Å². The van der Waals surface area contributed by atoms with Crippen molar-refractivity contribution in [2.24, 2.45) is 0 Å². The molecule has 0 aliphatic carbocycles. The van der Waals surface area contributed by atoms with E-state index in [1.54, 1.807) is 31.3 Å². The molecule has 0 atom stereocenters. The van der Waals surface area contributed by atoms with Crippen molar-refractivity contribution in [3.63, 3.8) is 0 Å². The number of anilines is 1. The quantitative estimate of drug-likeness (QED) is 0.490. The number of halogens is 1. The number of nitrogens with one attached hydrogen (secondary N) is 1. The molecule has 0 unspecified atom stereocenters. The largest absolute Gasteiger partial charge is 0.332 e. The summed E-state index contributed by atoms with van der Waals surface area (Å²) in [5.41, 5.74) is 2.42. The number of carbonyl (C=O) groups is 2. The van der Waals surface area contributed by atoms with Gasteiger partial charge in [0.25, 0.3) is 5.91 Å². The number of nitrogens with zero attached hydrogens (tertiary/aromatic N) is 3. The van der Waals surface area contributed by atoms with Gasteiger partial charge in [0, 0.05) is 18.1 Å². The average molecular weight is 437 g/mol. The number of amides is 2. The van der Waals surface area contributed by atoms with Gasteiger partial charge >= 0.3 is 0 Å². The highest BCUT2D eigenvalue weighted by atomic mass is 32.1. The van der Waals surface area contributed by atoms with E-state index in [4.69, 9.17) is 0 Å². The molecule has 2 aromatic carbocycles. The number of rotatable bonds is 6. The molecule has 1 N–H and O–H groups in total. The van der Waals surface area contributed by atoms with E-state index in [9.17, 15) is 14.0 Å². The molecule has 4 rings (SSSR count). The molecule has 31 heavy (non-hydrogen) atoms. The van der Waals surface area contributed by atoms with Crippen LogP contribution in [0.15, 0.2) is 60.7 Å². The molecule has 158 valence electrons. The van der Waals surface area contributed by atoms with Crippen molar-refractivity contribution in [1.29, 1.82) is 0 Å². The number of para-hydroxylation sites is 1. The summed E-state index contributed by atoms with van der Waals surface area (Å²) in [6, 6.07) is 17.2. The highest BCUT2D eigenvalue weighted by Crippen LogP contribution is 2.29. The summed E-state index contributed by atoms with van der Waals surface area (Å²) in [4.78, 5) is 28.0. The normalized spacial score (nSPS) is 10.9. The molecule has 0 aliphatic rings. The van der Waals surface area contributed by atoms with Crippen LogP contribution in [-0.4, -0.2) is 40.1 Å². The fraction of sp³-hybridized carbons (Fsp3) is 0.174. The van der Waals surface area contributed by atoms with Gasteiger partial charge in [0.1, 0.15) is 10.6 Å². The molecule has 2 aromatic heterocycles. The van der Waals surface area contributed by atoms with Crippen LogP contribution < -0.4 is 5.32 Å². The lowest BCUT2D eigenvalue weighted by atomic mass is 10.2. The van der Waals surface area contributed by atoms with E-state index in [2.05, 4.69) is 10.4 Å². The smallest absolute Gasteiger partial charge is 0.264 e. The van der Waals surface area contributed by atoms with Gasteiger partial charge in [-0.3, -0.25) is 14.3 Å². The minimum absolute atomic E-state index is 0.0529. The summed E-state index contributed by atoms with van der Waals surface area (Å²) in [6.07, 6.45) is 0. The summed E-state index contributed by atoms with van der Waals surface area (Å²) >= 11 is 1.34. The summed E-state index contributed by atoms with van der Waals surface area (Å²) in [5.74, 6) is -0.771. The Kier molecular flexibility index (Phi) is 5.81. The highest BCUT2D eigenvalue weighted by Gasteiger charge is 2.20. The first kappa shape index (κ1) is 20.7. The maximum atomic E-state index is 13.2.